The van der Waals surface area contributed by atoms with Crippen molar-refractivity contribution in [2.24, 2.45) is 5.41 Å². The van der Waals surface area contributed by atoms with E-state index < -0.39 is 11.0 Å². The van der Waals surface area contributed by atoms with Gasteiger partial charge in [-0.15, -0.1) is 0 Å². The maximum atomic E-state index is 12.2. The van der Waals surface area contributed by atoms with E-state index in [-0.39, 0.29) is 11.4 Å². The first-order valence-electron chi connectivity index (χ1n) is 7.25. The summed E-state index contributed by atoms with van der Waals surface area (Å²) >= 11 is 0. The lowest BCUT2D eigenvalue weighted by Gasteiger charge is -2.37. The zero-order valence-corrected chi connectivity index (χ0v) is 12.9. The summed E-state index contributed by atoms with van der Waals surface area (Å²) in [5.41, 5.74) is 0.706. The Hall–Kier alpha value is -1.99. The minimum atomic E-state index is -0.723. The van der Waals surface area contributed by atoms with Crippen LogP contribution in [0.15, 0.2) is 30.0 Å². The van der Waals surface area contributed by atoms with Gasteiger partial charge in [-0.1, -0.05) is 33.8 Å². The van der Waals surface area contributed by atoms with Crippen LogP contribution in [0.2, 0.25) is 0 Å². The van der Waals surface area contributed by atoms with Crippen LogP contribution in [-0.4, -0.2) is 10.8 Å². The molecule has 0 fully saturated rings. The van der Waals surface area contributed by atoms with Gasteiger partial charge in [0.25, 0.3) is 0 Å². The van der Waals surface area contributed by atoms with Crippen molar-refractivity contribution in [1.29, 1.82) is 5.26 Å². The van der Waals surface area contributed by atoms with Gasteiger partial charge in [-0.25, -0.2) is 0 Å². The molecular weight excluding hydrogens is 264 g/mol. The van der Waals surface area contributed by atoms with Crippen molar-refractivity contribution in [1.82, 2.24) is 4.98 Å². The highest BCUT2D eigenvalue weighted by molar-refractivity contribution is 6.04. The number of nitriles is 1. The molecule has 21 heavy (non-hydrogen) atoms. The Morgan fingerprint density at radius 1 is 1.38 bits per heavy atom. The SMILES string of the molecule is CC.CC1(C)CC2(C=C(C#N)C1=O)OCc1cccnc12. The number of rotatable bonds is 0. The molecule has 4 nitrogen and oxygen atoms in total. The third kappa shape index (κ3) is 2.38. The molecule has 3 rings (SSSR count). The summed E-state index contributed by atoms with van der Waals surface area (Å²) in [5, 5.41) is 9.17. The van der Waals surface area contributed by atoms with Crippen molar-refractivity contribution in [3.63, 3.8) is 0 Å². The number of aromatic nitrogens is 1. The molecule has 110 valence electrons. The van der Waals surface area contributed by atoms with Crippen LogP contribution >= 0.6 is 0 Å². The van der Waals surface area contributed by atoms with Gasteiger partial charge in [-0.2, -0.15) is 5.26 Å². The van der Waals surface area contributed by atoms with Gasteiger partial charge in [-0.3, -0.25) is 9.78 Å². The number of hydrogen-bond acceptors (Lipinski definition) is 4. The highest BCUT2D eigenvalue weighted by atomic mass is 16.5. The van der Waals surface area contributed by atoms with E-state index in [1.807, 2.05) is 45.9 Å². The maximum absolute atomic E-state index is 12.2. The number of ketones is 1. The predicted molar refractivity (Wildman–Crippen MR) is 79.2 cm³/mol. The van der Waals surface area contributed by atoms with E-state index in [0.29, 0.717) is 13.0 Å². The van der Waals surface area contributed by atoms with Crippen LogP contribution in [0.3, 0.4) is 0 Å². The summed E-state index contributed by atoms with van der Waals surface area (Å²) in [7, 11) is 0. The molecule has 1 aromatic heterocycles. The van der Waals surface area contributed by atoms with E-state index in [1.165, 1.54) is 0 Å². The molecule has 0 radical (unpaired) electrons. The summed E-state index contributed by atoms with van der Waals surface area (Å²) in [5.74, 6) is -0.117. The fourth-order valence-electron chi connectivity index (χ4n) is 2.99. The molecule has 1 aliphatic carbocycles. The van der Waals surface area contributed by atoms with E-state index in [9.17, 15) is 10.1 Å². The topological polar surface area (TPSA) is 63.0 Å². The van der Waals surface area contributed by atoms with Crippen molar-refractivity contribution in [3.05, 3.63) is 41.2 Å². The lowest BCUT2D eigenvalue weighted by atomic mass is 9.69. The summed E-state index contributed by atoms with van der Waals surface area (Å²) in [4.78, 5) is 16.6. The first-order chi connectivity index (χ1) is 9.98. The average molecular weight is 284 g/mol. The molecule has 0 N–H and O–H groups in total. The fraction of sp³-hybridized carbons (Fsp3) is 0.471. The largest absolute Gasteiger partial charge is 0.360 e. The lowest BCUT2D eigenvalue weighted by Crippen LogP contribution is -2.41. The molecule has 1 spiro atoms. The molecule has 0 saturated carbocycles. The van der Waals surface area contributed by atoms with Crippen molar-refractivity contribution in [2.45, 2.75) is 46.3 Å². The molecule has 0 amide bonds. The Balaban J connectivity index is 0.000000774. The Bertz CT molecular complexity index is 640. The number of allylic oxidation sites excluding steroid dienone is 1. The molecule has 1 unspecified atom stereocenters. The molecular formula is C17H20N2O2. The zero-order valence-electron chi connectivity index (χ0n) is 12.9. The quantitative estimate of drug-likeness (QED) is 0.733. The standard InChI is InChI=1S/C15H14N2O2.C2H6/c1-14(2)9-15(6-11(7-16)13(14)18)12-10(8-19-15)4-3-5-17-12;1-2/h3-6H,8-9H2,1-2H3;1-2H3. The molecule has 0 bridgehead atoms. The van der Waals surface area contributed by atoms with Gasteiger partial charge in [0.2, 0.25) is 0 Å². The van der Waals surface area contributed by atoms with E-state index in [0.717, 1.165) is 11.3 Å². The minimum Gasteiger partial charge on any atom is -0.360 e. The number of ether oxygens (including phenoxy) is 1. The lowest BCUT2D eigenvalue weighted by molar-refractivity contribution is -0.129. The smallest absolute Gasteiger partial charge is 0.178 e. The Morgan fingerprint density at radius 2 is 2.10 bits per heavy atom. The Morgan fingerprint density at radius 3 is 2.76 bits per heavy atom. The van der Waals surface area contributed by atoms with Gasteiger partial charge in [0.15, 0.2) is 5.78 Å². The average Bonchev–Trinajstić information content (AvgIpc) is 2.84. The van der Waals surface area contributed by atoms with Crippen LogP contribution in [0.25, 0.3) is 0 Å². The molecule has 1 aromatic rings. The van der Waals surface area contributed by atoms with Crippen molar-refractivity contribution >= 4 is 5.78 Å². The minimum absolute atomic E-state index is 0.117. The highest BCUT2D eigenvalue weighted by Gasteiger charge is 2.50. The second kappa shape index (κ2) is 5.42. The van der Waals surface area contributed by atoms with E-state index >= 15 is 0 Å². The maximum Gasteiger partial charge on any atom is 0.178 e. The Labute approximate surface area is 125 Å². The third-order valence-electron chi connectivity index (χ3n) is 3.84. The number of carbonyl (C=O) groups excluding carboxylic acids is 1. The van der Waals surface area contributed by atoms with Gasteiger partial charge in [-0.05, 0) is 18.6 Å². The summed E-state index contributed by atoms with van der Waals surface area (Å²) < 4.78 is 5.93. The fourth-order valence-corrected chi connectivity index (χ4v) is 2.99. The normalized spacial score (nSPS) is 25.5. The van der Waals surface area contributed by atoms with Crippen LogP contribution in [0.4, 0.5) is 0 Å². The first kappa shape index (κ1) is 15.4. The number of pyridine rings is 1. The van der Waals surface area contributed by atoms with Crippen molar-refractivity contribution < 1.29 is 9.53 Å². The monoisotopic (exact) mass is 284 g/mol. The number of nitrogens with zero attached hydrogens (tertiary/aromatic N) is 2. The van der Waals surface area contributed by atoms with Gasteiger partial charge in [0.05, 0.1) is 17.9 Å². The van der Waals surface area contributed by atoms with Crippen LogP contribution in [0.5, 0.6) is 0 Å². The van der Waals surface area contributed by atoms with E-state index in [4.69, 9.17) is 4.74 Å². The van der Waals surface area contributed by atoms with Crippen LogP contribution < -0.4 is 0 Å². The molecule has 2 heterocycles. The molecule has 0 saturated heterocycles. The van der Waals surface area contributed by atoms with E-state index in [2.05, 4.69) is 4.98 Å². The number of fused-ring (bicyclic) bond motifs is 2. The van der Waals surface area contributed by atoms with E-state index in [1.54, 1.807) is 12.3 Å². The van der Waals surface area contributed by atoms with Gasteiger partial charge in [0, 0.05) is 17.2 Å². The zero-order chi connectivity index (χ0) is 15.7. The summed E-state index contributed by atoms with van der Waals surface area (Å²) in [6.07, 6.45) is 3.89. The van der Waals surface area contributed by atoms with Gasteiger partial charge >= 0.3 is 0 Å². The number of carbonyl (C=O) groups is 1. The van der Waals surface area contributed by atoms with Gasteiger partial charge < -0.3 is 4.74 Å². The molecule has 4 heteroatoms. The second-order valence-electron chi connectivity index (χ2n) is 5.75. The summed E-state index contributed by atoms with van der Waals surface area (Å²) in [6.45, 7) is 8.18. The summed E-state index contributed by atoms with van der Waals surface area (Å²) in [6, 6.07) is 5.84. The molecule has 1 atom stereocenters. The van der Waals surface area contributed by atoms with Crippen LogP contribution in [0.1, 0.15) is 45.4 Å². The van der Waals surface area contributed by atoms with Crippen LogP contribution in [-0.2, 0) is 21.7 Å². The van der Waals surface area contributed by atoms with Gasteiger partial charge in [0.1, 0.15) is 11.7 Å². The first-order valence-corrected chi connectivity index (χ1v) is 7.25. The Kier molecular flexibility index (Phi) is 3.97. The van der Waals surface area contributed by atoms with Crippen LogP contribution in [0, 0.1) is 16.7 Å². The predicted octanol–water partition coefficient (Wildman–Crippen LogP) is 3.28. The number of hydrogen-bond donors (Lipinski definition) is 0. The molecule has 2 aliphatic rings. The van der Waals surface area contributed by atoms with Crippen molar-refractivity contribution in [3.8, 4) is 6.07 Å². The van der Waals surface area contributed by atoms with Crippen molar-refractivity contribution in [2.75, 3.05) is 0 Å². The second-order valence-corrected chi connectivity index (χ2v) is 5.75. The molecule has 1 aliphatic heterocycles. The third-order valence-corrected chi connectivity index (χ3v) is 3.84. The highest BCUT2D eigenvalue weighted by Crippen LogP contribution is 2.48. The number of Topliss-reactive ketones (excluding diaryl/α,β-unsaturated/α-hetero) is 1. The molecule has 0 aromatic carbocycles.